The number of hydrogen-bond donors (Lipinski definition) is 2. The summed E-state index contributed by atoms with van der Waals surface area (Å²) < 4.78 is 7.05. The SMILES string of the molecule is N#Cc1cccc(NC(=O)c2nc(C(=O)NCc3ccco3)n3c2CCCC3)c1. The van der Waals surface area contributed by atoms with Gasteiger partial charge in [-0.2, -0.15) is 5.26 Å². The van der Waals surface area contributed by atoms with Crippen LogP contribution in [0, 0.1) is 11.3 Å². The predicted molar refractivity (Wildman–Crippen MR) is 104 cm³/mol. The first-order valence-electron chi connectivity index (χ1n) is 9.37. The molecule has 8 heteroatoms. The number of nitriles is 1. The lowest BCUT2D eigenvalue weighted by molar-refractivity contribution is 0.0932. The molecule has 146 valence electrons. The van der Waals surface area contributed by atoms with Gasteiger partial charge in [-0.3, -0.25) is 9.59 Å². The molecule has 0 radical (unpaired) electrons. The van der Waals surface area contributed by atoms with E-state index in [1.807, 2.05) is 10.6 Å². The second-order valence-corrected chi connectivity index (χ2v) is 6.75. The quantitative estimate of drug-likeness (QED) is 0.697. The lowest BCUT2D eigenvalue weighted by Gasteiger charge is -2.17. The highest BCUT2D eigenvalue weighted by Gasteiger charge is 2.27. The van der Waals surface area contributed by atoms with Crippen molar-refractivity contribution in [3.05, 3.63) is 71.2 Å². The fourth-order valence-corrected chi connectivity index (χ4v) is 3.41. The number of hydrogen-bond acceptors (Lipinski definition) is 5. The lowest BCUT2D eigenvalue weighted by Crippen LogP contribution is -2.27. The molecule has 0 saturated heterocycles. The highest BCUT2D eigenvalue weighted by Crippen LogP contribution is 2.22. The Hall–Kier alpha value is -3.86. The number of carbonyl (C=O) groups is 2. The van der Waals surface area contributed by atoms with Crippen LogP contribution in [0.25, 0.3) is 0 Å². The third-order valence-corrected chi connectivity index (χ3v) is 4.79. The molecule has 0 bridgehead atoms. The Bertz CT molecular complexity index is 1090. The fraction of sp³-hybridized carbons (Fsp3) is 0.238. The van der Waals surface area contributed by atoms with E-state index in [2.05, 4.69) is 15.6 Å². The minimum Gasteiger partial charge on any atom is -0.467 e. The number of benzene rings is 1. The maximum atomic E-state index is 12.8. The van der Waals surface area contributed by atoms with E-state index in [-0.39, 0.29) is 24.0 Å². The number of rotatable bonds is 5. The Morgan fingerprint density at radius 2 is 2.10 bits per heavy atom. The van der Waals surface area contributed by atoms with Gasteiger partial charge in [0.05, 0.1) is 30.1 Å². The summed E-state index contributed by atoms with van der Waals surface area (Å²) in [7, 11) is 0. The summed E-state index contributed by atoms with van der Waals surface area (Å²) >= 11 is 0. The predicted octanol–water partition coefficient (Wildman–Crippen LogP) is 2.87. The topological polar surface area (TPSA) is 113 Å². The molecule has 2 aromatic heterocycles. The van der Waals surface area contributed by atoms with Gasteiger partial charge in [0.1, 0.15) is 5.76 Å². The van der Waals surface area contributed by atoms with Gasteiger partial charge in [-0.05, 0) is 49.6 Å². The number of fused-ring (bicyclic) bond motifs is 1. The molecule has 0 unspecified atom stereocenters. The van der Waals surface area contributed by atoms with Crippen LogP contribution in [0.5, 0.6) is 0 Å². The van der Waals surface area contributed by atoms with Gasteiger partial charge in [0.2, 0.25) is 0 Å². The summed E-state index contributed by atoms with van der Waals surface area (Å²) in [6.45, 7) is 0.888. The molecule has 0 fully saturated rings. The Morgan fingerprint density at radius 3 is 2.90 bits per heavy atom. The second kappa shape index (κ2) is 8.02. The monoisotopic (exact) mass is 389 g/mol. The average molecular weight is 389 g/mol. The fourth-order valence-electron chi connectivity index (χ4n) is 3.41. The molecule has 3 aromatic rings. The van der Waals surface area contributed by atoms with Crippen molar-refractivity contribution in [2.24, 2.45) is 0 Å². The Kier molecular flexibility index (Phi) is 5.12. The summed E-state index contributed by atoms with van der Waals surface area (Å²) in [5.41, 5.74) is 1.96. The zero-order valence-corrected chi connectivity index (χ0v) is 15.6. The Morgan fingerprint density at radius 1 is 1.21 bits per heavy atom. The van der Waals surface area contributed by atoms with Crippen molar-refractivity contribution in [1.82, 2.24) is 14.9 Å². The number of aromatic nitrogens is 2. The van der Waals surface area contributed by atoms with Crippen LogP contribution in [-0.2, 0) is 19.5 Å². The molecule has 0 saturated carbocycles. The molecule has 0 spiro atoms. The van der Waals surface area contributed by atoms with Crippen molar-refractivity contribution in [3.63, 3.8) is 0 Å². The molecular weight excluding hydrogens is 370 g/mol. The van der Waals surface area contributed by atoms with E-state index in [0.717, 1.165) is 18.5 Å². The number of carbonyl (C=O) groups excluding carboxylic acids is 2. The number of nitrogens with zero attached hydrogens (tertiary/aromatic N) is 3. The van der Waals surface area contributed by atoms with E-state index < -0.39 is 5.91 Å². The summed E-state index contributed by atoms with van der Waals surface area (Å²) in [5, 5.41) is 14.6. The van der Waals surface area contributed by atoms with Crippen molar-refractivity contribution < 1.29 is 14.0 Å². The largest absolute Gasteiger partial charge is 0.467 e. The molecule has 29 heavy (non-hydrogen) atoms. The van der Waals surface area contributed by atoms with Gasteiger partial charge in [-0.15, -0.1) is 0 Å². The van der Waals surface area contributed by atoms with Crippen LogP contribution < -0.4 is 10.6 Å². The molecule has 8 nitrogen and oxygen atoms in total. The Balaban J connectivity index is 1.57. The molecule has 0 atom stereocenters. The van der Waals surface area contributed by atoms with Gasteiger partial charge in [-0.1, -0.05) is 6.07 Å². The van der Waals surface area contributed by atoms with Crippen molar-refractivity contribution >= 4 is 17.5 Å². The van der Waals surface area contributed by atoms with Gasteiger partial charge in [-0.25, -0.2) is 4.98 Å². The standard InChI is InChI=1S/C21H19N5O3/c22-12-14-5-3-6-15(11-14)24-20(27)18-17-8-1-2-9-26(17)19(25-18)21(28)23-13-16-7-4-10-29-16/h3-7,10-11H,1-2,8-9,13H2,(H,23,28)(H,24,27). The van der Waals surface area contributed by atoms with Gasteiger partial charge in [0.15, 0.2) is 11.5 Å². The second-order valence-electron chi connectivity index (χ2n) is 6.75. The van der Waals surface area contributed by atoms with Crippen LogP contribution in [0.2, 0.25) is 0 Å². The Labute approximate surface area is 167 Å². The van der Waals surface area contributed by atoms with Crippen molar-refractivity contribution in [3.8, 4) is 6.07 Å². The van der Waals surface area contributed by atoms with E-state index in [1.165, 1.54) is 0 Å². The molecule has 1 aliphatic heterocycles. The van der Waals surface area contributed by atoms with Crippen molar-refractivity contribution in [2.45, 2.75) is 32.4 Å². The maximum absolute atomic E-state index is 12.8. The van der Waals surface area contributed by atoms with E-state index >= 15 is 0 Å². The zero-order chi connectivity index (χ0) is 20.2. The average Bonchev–Trinajstić information content (AvgIpc) is 3.40. The number of amides is 2. The molecule has 0 aliphatic carbocycles. The first kappa shape index (κ1) is 18.5. The molecule has 2 N–H and O–H groups in total. The summed E-state index contributed by atoms with van der Waals surface area (Å²) in [6.07, 6.45) is 4.08. The summed E-state index contributed by atoms with van der Waals surface area (Å²) in [5.74, 6) is 0.118. The van der Waals surface area contributed by atoms with E-state index in [0.29, 0.717) is 30.0 Å². The summed E-state index contributed by atoms with van der Waals surface area (Å²) in [6, 6.07) is 12.2. The third kappa shape index (κ3) is 3.89. The molecule has 2 amide bonds. The first-order chi connectivity index (χ1) is 14.2. The molecule has 1 aromatic carbocycles. The number of imidazole rings is 1. The van der Waals surface area contributed by atoms with Crippen molar-refractivity contribution in [2.75, 3.05) is 5.32 Å². The highest BCUT2D eigenvalue weighted by atomic mass is 16.3. The number of furan rings is 1. The first-order valence-corrected chi connectivity index (χ1v) is 9.37. The van der Waals surface area contributed by atoms with Crippen LogP contribution in [0.3, 0.4) is 0 Å². The van der Waals surface area contributed by atoms with Crippen molar-refractivity contribution in [1.29, 1.82) is 5.26 Å². The number of nitrogens with one attached hydrogen (secondary N) is 2. The molecular formula is C21H19N5O3. The van der Waals surface area contributed by atoms with Gasteiger partial charge in [0.25, 0.3) is 11.8 Å². The zero-order valence-electron chi connectivity index (χ0n) is 15.6. The van der Waals surface area contributed by atoms with Crippen LogP contribution in [-0.4, -0.2) is 21.4 Å². The van der Waals surface area contributed by atoms with Gasteiger partial charge >= 0.3 is 0 Å². The van der Waals surface area contributed by atoms with Crippen LogP contribution in [0.4, 0.5) is 5.69 Å². The van der Waals surface area contributed by atoms with Crippen LogP contribution >= 0.6 is 0 Å². The maximum Gasteiger partial charge on any atom is 0.287 e. The van der Waals surface area contributed by atoms with Gasteiger partial charge in [0, 0.05) is 12.2 Å². The number of anilines is 1. The van der Waals surface area contributed by atoms with Gasteiger partial charge < -0.3 is 19.6 Å². The minimum atomic E-state index is -0.393. The smallest absolute Gasteiger partial charge is 0.287 e. The van der Waals surface area contributed by atoms with E-state index in [4.69, 9.17) is 9.68 Å². The third-order valence-electron chi connectivity index (χ3n) is 4.79. The lowest BCUT2D eigenvalue weighted by atomic mass is 10.1. The molecule has 4 rings (SSSR count). The summed E-state index contributed by atoms with van der Waals surface area (Å²) in [4.78, 5) is 29.9. The normalized spacial score (nSPS) is 12.7. The molecule has 3 heterocycles. The highest BCUT2D eigenvalue weighted by molar-refractivity contribution is 6.05. The van der Waals surface area contributed by atoms with E-state index in [1.54, 1.807) is 42.7 Å². The van der Waals surface area contributed by atoms with E-state index in [9.17, 15) is 9.59 Å². The minimum absolute atomic E-state index is 0.224. The van der Waals surface area contributed by atoms with Crippen LogP contribution in [0.1, 0.15) is 51.0 Å². The van der Waals surface area contributed by atoms with Crippen LogP contribution in [0.15, 0.2) is 47.1 Å². The molecule has 1 aliphatic rings.